The van der Waals surface area contributed by atoms with E-state index in [-0.39, 0.29) is 11.9 Å². The number of aromatic nitrogens is 1. The number of benzene rings is 1. The molecule has 0 unspecified atom stereocenters. The molecule has 126 valence electrons. The van der Waals surface area contributed by atoms with Crippen LogP contribution in [0.2, 0.25) is 0 Å². The van der Waals surface area contributed by atoms with E-state index in [1.165, 1.54) is 12.8 Å². The molecule has 1 aromatic heterocycles. The summed E-state index contributed by atoms with van der Waals surface area (Å²) in [6.45, 7) is 1.07. The number of nitrogens with one attached hydrogen (secondary N) is 2. The molecule has 1 atom stereocenters. The monoisotopic (exact) mass is 324 g/mol. The molecule has 0 radical (unpaired) electrons. The van der Waals surface area contributed by atoms with Gasteiger partial charge in [0.1, 0.15) is 5.69 Å². The first-order valence-corrected chi connectivity index (χ1v) is 8.54. The predicted molar refractivity (Wildman–Crippen MR) is 96.5 cm³/mol. The van der Waals surface area contributed by atoms with E-state index in [1.807, 2.05) is 24.3 Å². The van der Waals surface area contributed by atoms with Crippen LogP contribution in [-0.4, -0.2) is 30.0 Å². The van der Waals surface area contributed by atoms with E-state index in [4.69, 9.17) is 11.5 Å². The zero-order valence-corrected chi connectivity index (χ0v) is 13.8. The summed E-state index contributed by atoms with van der Waals surface area (Å²) in [7, 11) is 0. The summed E-state index contributed by atoms with van der Waals surface area (Å²) in [4.78, 5) is 15.4. The summed E-state index contributed by atoms with van der Waals surface area (Å²) >= 11 is 0. The molecule has 24 heavy (non-hydrogen) atoms. The molecule has 3 rings (SSSR count). The van der Waals surface area contributed by atoms with Crippen molar-refractivity contribution in [2.75, 3.05) is 13.1 Å². The number of nitrogens with two attached hydrogens (primary N) is 2. The number of rotatable bonds is 6. The Kier molecular flexibility index (Phi) is 5.19. The highest BCUT2D eigenvalue weighted by Crippen LogP contribution is 2.27. The highest BCUT2D eigenvalue weighted by molar-refractivity contribution is 5.98. The van der Waals surface area contributed by atoms with Gasteiger partial charge in [-0.3, -0.25) is 4.79 Å². The Bertz CT molecular complexity index is 779. The SMILES string of the molecule is NCCC[C@H](N)CNC(=O)c1cc2ccc(C#CC3CC3)cc2[nH]1. The number of H-pyrrole nitrogens is 1. The van der Waals surface area contributed by atoms with E-state index in [0.29, 0.717) is 24.7 Å². The molecule has 1 saturated carbocycles. The van der Waals surface area contributed by atoms with E-state index in [0.717, 1.165) is 29.3 Å². The van der Waals surface area contributed by atoms with Crippen LogP contribution in [0.15, 0.2) is 24.3 Å². The van der Waals surface area contributed by atoms with E-state index in [9.17, 15) is 4.79 Å². The van der Waals surface area contributed by atoms with Crippen molar-refractivity contribution in [1.82, 2.24) is 10.3 Å². The number of hydrogen-bond acceptors (Lipinski definition) is 3. The third-order valence-electron chi connectivity index (χ3n) is 4.17. The zero-order chi connectivity index (χ0) is 16.9. The second-order valence-corrected chi connectivity index (χ2v) is 6.43. The maximum absolute atomic E-state index is 12.3. The minimum atomic E-state index is -0.139. The lowest BCUT2D eigenvalue weighted by Gasteiger charge is -2.11. The highest BCUT2D eigenvalue weighted by Gasteiger charge is 2.17. The minimum Gasteiger partial charge on any atom is -0.350 e. The molecule has 5 nitrogen and oxygen atoms in total. The largest absolute Gasteiger partial charge is 0.350 e. The fourth-order valence-electron chi connectivity index (χ4n) is 2.54. The van der Waals surface area contributed by atoms with Crippen LogP contribution in [-0.2, 0) is 0 Å². The van der Waals surface area contributed by atoms with Crippen molar-refractivity contribution in [3.05, 3.63) is 35.5 Å². The van der Waals surface area contributed by atoms with Crippen molar-refractivity contribution >= 4 is 16.8 Å². The Balaban J connectivity index is 1.64. The maximum atomic E-state index is 12.3. The molecule has 0 spiro atoms. The first kappa shape index (κ1) is 16.6. The van der Waals surface area contributed by atoms with Gasteiger partial charge in [0.05, 0.1) is 0 Å². The molecule has 1 aliphatic carbocycles. The summed E-state index contributed by atoms with van der Waals surface area (Å²) in [6.07, 6.45) is 4.12. The molecule has 1 aliphatic rings. The van der Waals surface area contributed by atoms with E-state index in [1.54, 1.807) is 0 Å². The van der Waals surface area contributed by atoms with Gasteiger partial charge in [0.25, 0.3) is 5.91 Å². The van der Waals surface area contributed by atoms with Crippen molar-refractivity contribution < 1.29 is 4.79 Å². The zero-order valence-electron chi connectivity index (χ0n) is 13.8. The Hall–Kier alpha value is -2.29. The summed E-state index contributed by atoms with van der Waals surface area (Å²) < 4.78 is 0. The Morgan fingerprint density at radius 2 is 2.21 bits per heavy atom. The van der Waals surface area contributed by atoms with Gasteiger partial charge in [-0.05, 0) is 50.4 Å². The van der Waals surface area contributed by atoms with Crippen LogP contribution in [0.5, 0.6) is 0 Å². The predicted octanol–water partition coefficient (Wildman–Crippen LogP) is 1.73. The van der Waals surface area contributed by atoms with Crippen molar-refractivity contribution in [3.8, 4) is 11.8 Å². The van der Waals surface area contributed by atoms with E-state index >= 15 is 0 Å². The quantitative estimate of drug-likeness (QED) is 0.609. The highest BCUT2D eigenvalue weighted by atomic mass is 16.1. The fraction of sp³-hybridized carbons (Fsp3) is 0.421. The van der Waals surface area contributed by atoms with Gasteiger partial charge in [0.2, 0.25) is 0 Å². The number of fused-ring (bicyclic) bond motifs is 1. The molecule has 1 fully saturated rings. The third-order valence-corrected chi connectivity index (χ3v) is 4.17. The van der Waals surface area contributed by atoms with Gasteiger partial charge < -0.3 is 21.8 Å². The standard InChI is InChI=1S/C19H24N4O/c20-9-1-2-16(21)12-22-19(24)18-11-15-8-7-14(10-17(15)23-18)6-5-13-3-4-13/h7-8,10-11,13,16,23H,1-4,9,12,20-21H2,(H,22,24)/t16-/m0/s1. The first-order valence-electron chi connectivity index (χ1n) is 8.54. The van der Waals surface area contributed by atoms with Crippen LogP contribution >= 0.6 is 0 Å². The van der Waals surface area contributed by atoms with Crippen LogP contribution in [0, 0.1) is 17.8 Å². The van der Waals surface area contributed by atoms with Gasteiger partial charge >= 0.3 is 0 Å². The molecule has 6 N–H and O–H groups in total. The third kappa shape index (κ3) is 4.38. The van der Waals surface area contributed by atoms with Gasteiger partial charge in [-0.1, -0.05) is 17.9 Å². The van der Waals surface area contributed by atoms with E-state index in [2.05, 4.69) is 22.1 Å². The summed E-state index contributed by atoms with van der Waals surface area (Å²) in [5.74, 6) is 6.89. The van der Waals surface area contributed by atoms with Crippen LogP contribution in [0.25, 0.3) is 10.9 Å². The Labute approximate surface area is 142 Å². The smallest absolute Gasteiger partial charge is 0.267 e. The van der Waals surface area contributed by atoms with Gasteiger partial charge in [0, 0.05) is 35.0 Å². The van der Waals surface area contributed by atoms with Crippen molar-refractivity contribution in [2.45, 2.75) is 31.7 Å². The number of carbonyl (C=O) groups is 1. The number of carbonyl (C=O) groups excluding carboxylic acids is 1. The molecule has 2 aromatic rings. The summed E-state index contributed by atoms with van der Waals surface area (Å²) in [5.41, 5.74) is 13.9. The van der Waals surface area contributed by atoms with Gasteiger partial charge in [0.15, 0.2) is 0 Å². The molecule has 0 aliphatic heterocycles. The van der Waals surface area contributed by atoms with Crippen LogP contribution in [0.3, 0.4) is 0 Å². The van der Waals surface area contributed by atoms with Crippen molar-refractivity contribution in [3.63, 3.8) is 0 Å². The first-order chi connectivity index (χ1) is 11.7. The lowest BCUT2D eigenvalue weighted by molar-refractivity contribution is 0.0946. The second-order valence-electron chi connectivity index (χ2n) is 6.43. The average molecular weight is 324 g/mol. The van der Waals surface area contributed by atoms with Crippen molar-refractivity contribution in [1.29, 1.82) is 0 Å². The normalized spacial score (nSPS) is 14.9. The molecular weight excluding hydrogens is 300 g/mol. The van der Waals surface area contributed by atoms with Crippen LogP contribution in [0.1, 0.15) is 41.7 Å². The molecule has 1 amide bonds. The van der Waals surface area contributed by atoms with E-state index < -0.39 is 0 Å². The number of aromatic amines is 1. The minimum absolute atomic E-state index is 0.0637. The molecular formula is C19H24N4O. The number of amides is 1. The topological polar surface area (TPSA) is 96.9 Å². The van der Waals surface area contributed by atoms with Gasteiger partial charge in [-0.15, -0.1) is 0 Å². The lowest BCUT2D eigenvalue weighted by Crippen LogP contribution is -2.37. The van der Waals surface area contributed by atoms with Crippen molar-refractivity contribution in [2.24, 2.45) is 17.4 Å². The number of hydrogen-bond donors (Lipinski definition) is 4. The summed E-state index contributed by atoms with van der Waals surface area (Å²) in [6, 6.07) is 7.77. The molecule has 0 bridgehead atoms. The maximum Gasteiger partial charge on any atom is 0.267 e. The average Bonchev–Trinajstić information content (AvgIpc) is 3.32. The molecule has 1 heterocycles. The Morgan fingerprint density at radius 1 is 1.38 bits per heavy atom. The Morgan fingerprint density at radius 3 is 2.96 bits per heavy atom. The second kappa shape index (κ2) is 7.52. The van der Waals surface area contributed by atoms with Gasteiger partial charge in [-0.2, -0.15) is 0 Å². The van der Waals surface area contributed by atoms with Crippen LogP contribution < -0.4 is 16.8 Å². The van der Waals surface area contributed by atoms with Gasteiger partial charge in [-0.25, -0.2) is 0 Å². The molecule has 1 aromatic carbocycles. The fourth-order valence-corrected chi connectivity index (χ4v) is 2.54. The summed E-state index contributed by atoms with van der Waals surface area (Å²) in [5, 5.41) is 3.87. The lowest BCUT2D eigenvalue weighted by atomic mass is 10.1. The molecule has 0 saturated heterocycles. The van der Waals surface area contributed by atoms with Crippen LogP contribution in [0.4, 0.5) is 0 Å². The molecule has 5 heteroatoms.